The number of hydrogen-bond acceptors (Lipinski definition) is 3. The van der Waals surface area contributed by atoms with Crippen molar-refractivity contribution in [1.29, 1.82) is 0 Å². The van der Waals surface area contributed by atoms with E-state index in [1.165, 1.54) is 5.56 Å². The Balaban J connectivity index is 1.86. The van der Waals surface area contributed by atoms with E-state index in [0.717, 1.165) is 28.9 Å². The summed E-state index contributed by atoms with van der Waals surface area (Å²) >= 11 is 0. The van der Waals surface area contributed by atoms with E-state index in [1.54, 1.807) is 0 Å². The largest absolute Gasteiger partial charge is 0.376 e. The summed E-state index contributed by atoms with van der Waals surface area (Å²) in [5, 5.41) is 7.24. The number of carbonyl (C=O) groups excluding carboxylic acids is 1. The van der Waals surface area contributed by atoms with Gasteiger partial charge in [0.05, 0.1) is 12.3 Å². The van der Waals surface area contributed by atoms with Crippen molar-refractivity contribution < 1.29 is 4.79 Å². The molecule has 0 atom stereocenters. The molecule has 4 heteroatoms. The normalized spacial score (nSPS) is 11.2. The quantitative estimate of drug-likeness (QED) is 0.634. The zero-order valence-electron chi connectivity index (χ0n) is 13.9. The first-order chi connectivity index (χ1) is 11.1. The van der Waals surface area contributed by atoms with Gasteiger partial charge in [-0.2, -0.15) is 5.10 Å². The van der Waals surface area contributed by atoms with Crippen LogP contribution in [0.25, 0.3) is 0 Å². The van der Waals surface area contributed by atoms with Crippen molar-refractivity contribution in [3.8, 4) is 0 Å². The minimum Gasteiger partial charge on any atom is -0.376 e. The van der Waals surface area contributed by atoms with E-state index in [-0.39, 0.29) is 12.5 Å². The molecule has 0 saturated heterocycles. The Labute approximate surface area is 137 Å². The first-order valence-electron chi connectivity index (χ1n) is 7.81. The molecule has 0 saturated carbocycles. The van der Waals surface area contributed by atoms with Crippen LogP contribution in [0.3, 0.4) is 0 Å². The molecule has 0 radical (unpaired) electrons. The van der Waals surface area contributed by atoms with Crippen LogP contribution < -0.4 is 10.7 Å². The Kier molecular flexibility index (Phi) is 5.92. The van der Waals surface area contributed by atoms with Crippen molar-refractivity contribution in [2.24, 2.45) is 5.10 Å². The Morgan fingerprint density at radius 1 is 1.13 bits per heavy atom. The SMILES string of the molecule is CCc1ccc(C(C)=NNC(=O)CNc2cccc(C)c2)cc1. The molecular formula is C19H23N3O. The fourth-order valence-corrected chi connectivity index (χ4v) is 2.17. The van der Waals surface area contributed by atoms with Crippen LogP contribution in [0.1, 0.15) is 30.5 Å². The van der Waals surface area contributed by atoms with Gasteiger partial charge in [-0.3, -0.25) is 4.79 Å². The van der Waals surface area contributed by atoms with E-state index in [2.05, 4.69) is 34.9 Å². The van der Waals surface area contributed by atoms with Crippen LogP contribution in [0, 0.1) is 6.92 Å². The number of carbonyl (C=O) groups is 1. The number of nitrogens with one attached hydrogen (secondary N) is 2. The van der Waals surface area contributed by atoms with Crippen molar-refractivity contribution >= 4 is 17.3 Å². The van der Waals surface area contributed by atoms with E-state index in [9.17, 15) is 4.79 Å². The predicted octanol–water partition coefficient (Wildman–Crippen LogP) is 3.51. The number of benzene rings is 2. The number of aryl methyl sites for hydroxylation is 2. The lowest BCUT2D eigenvalue weighted by Gasteiger charge is -2.07. The van der Waals surface area contributed by atoms with Crippen molar-refractivity contribution in [2.75, 3.05) is 11.9 Å². The number of hydrogen-bond donors (Lipinski definition) is 2. The topological polar surface area (TPSA) is 53.5 Å². The Hall–Kier alpha value is -2.62. The summed E-state index contributed by atoms with van der Waals surface area (Å²) in [7, 11) is 0. The minimum atomic E-state index is -0.170. The fraction of sp³-hybridized carbons (Fsp3) is 0.263. The minimum absolute atomic E-state index is 0.170. The van der Waals surface area contributed by atoms with Crippen molar-refractivity contribution in [1.82, 2.24) is 5.43 Å². The molecule has 0 bridgehead atoms. The zero-order valence-corrected chi connectivity index (χ0v) is 13.9. The summed E-state index contributed by atoms with van der Waals surface area (Å²) in [6.07, 6.45) is 1.01. The second kappa shape index (κ2) is 8.13. The Morgan fingerprint density at radius 3 is 2.52 bits per heavy atom. The molecule has 2 N–H and O–H groups in total. The van der Waals surface area contributed by atoms with Gasteiger partial charge in [-0.25, -0.2) is 5.43 Å². The molecule has 1 amide bonds. The molecule has 0 aliphatic rings. The maximum Gasteiger partial charge on any atom is 0.259 e. The van der Waals surface area contributed by atoms with Gasteiger partial charge >= 0.3 is 0 Å². The van der Waals surface area contributed by atoms with Crippen molar-refractivity contribution in [3.63, 3.8) is 0 Å². The molecule has 0 fully saturated rings. The van der Waals surface area contributed by atoms with Crippen LogP contribution in [0.5, 0.6) is 0 Å². The van der Waals surface area contributed by atoms with E-state index >= 15 is 0 Å². The average Bonchev–Trinajstić information content (AvgIpc) is 2.58. The highest BCUT2D eigenvalue weighted by molar-refractivity contribution is 5.99. The van der Waals surface area contributed by atoms with Gasteiger partial charge in [-0.1, -0.05) is 43.3 Å². The van der Waals surface area contributed by atoms with Gasteiger partial charge in [0.15, 0.2) is 0 Å². The average molecular weight is 309 g/mol. The van der Waals surface area contributed by atoms with Gasteiger partial charge in [0, 0.05) is 5.69 Å². The van der Waals surface area contributed by atoms with Gasteiger partial charge in [-0.15, -0.1) is 0 Å². The molecule has 120 valence electrons. The second-order valence-corrected chi connectivity index (χ2v) is 5.51. The van der Waals surface area contributed by atoms with Crippen LogP contribution >= 0.6 is 0 Å². The summed E-state index contributed by atoms with van der Waals surface area (Å²) in [5.41, 5.74) is 7.74. The lowest BCUT2D eigenvalue weighted by molar-refractivity contribution is -0.119. The van der Waals surface area contributed by atoms with Gasteiger partial charge in [-0.05, 0) is 49.1 Å². The molecule has 2 rings (SSSR count). The highest BCUT2D eigenvalue weighted by atomic mass is 16.2. The van der Waals surface area contributed by atoms with Gasteiger partial charge in [0.2, 0.25) is 0 Å². The van der Waals surface area contributed by atoms with Crippen LogP contribution in [0.4, 0.5) is 5.69 Å². The molecule has 4 nitrogen and oxygen atoms in total. The molecular weight excluding hydrogens is 286 g/mol. The van der Waals surface area contributed by atoms with Crippen molar-refractivity contribution in [3.05, 3.63) is 65.2 Å². The van der Waals surface area contributed by atoms with Crippen LogP contribution in [0.15, 0.2) is 53.6 Å². The van der Waals surface area contributed by atoms with E-state index in [0.29, 0.717) is 0 Å². The summed E-state index contributed by atoms with van der Waals surface area (Å²) < 4.78 is 0. The third kappa shape index (κ3) is 5.25. The Morgan fingerprint density at radius 2 is 1.87 bits per heavy atom. The molecule has 0 unspecified atom stereocenters. The lowest BCUT2D eigenvalue weighted by Crippen LogP contribution is -2.26. The summed E-state index contributed by atoms with van der Waals surface area (Å²) in [5.74, 6) is -0.170. The molecule has 0 heterocycles. The smallest absolute Gasteiger partial charge is 0.259 e. The molecule has 2 aromatic rings. The summed E-state index contributed by atoms with van der Waals surface area (Å²) in [6.45, 7) is 6.21. The van der Waals surface area contributed by atoms with E-state index in [1.807, 2.05) is 50.2 Å². The highest BCUT2D eigenvalue weighted by Crippen LogP contribution is 2.09. The fourth-order valence-electron chi connectivity index (χ4n) is 2.17. The van der Waals surface area contributed by atoms with Gasteiger partial charge < -0.3 is 5.32 Å². The first kappa shape index (κ1) is 16.7. The molecule has 0 aliphatic carbocycles. The molecule has 23 heavy (non-hydrogen) atoms. The standard InChI is InChI=1S/C19H23N3O/c1-4-16-8-10-17(11-9-16)15(3)21-22-19(23)13-20-18-7-5-6-14(2)12-18/h5-12,20H,4,13H2,1-3H3,(H,22,23). The van der Waals surface area contributed by atoms with Crippen molar-refractivity contribution in [2.45, 2.75) is 27.2 Å². The number of amides is 1. The second-order valence-electron chi connectivity index (χ2n) is 5.51. The molecule has 0 aromatic heterocycles. The third-order valence-electron chi connectivity index (χ3n) is 3.60. The molecule has 0 spiro atoms. The highest BCUT2D eigenvalue weighted by Gasteiger charge is 2.02. The van der Waals surface area contributed by atoms with Gasteiger partial charge in [0.25, 0.3) is 5.91 Å². The van der Waals surface area contributed by atoms with Crippen LogP contribution in [-0.4, -0.2) is 18.2 Å². The predicted molar refractivity (Wildman–Crippen MR) is 95.8 cm³/mol. The van der Waals surface area contributed by atoms with Gasteiger partial charge in [0.1, 0.15) is 0 Å². The summed E-state index contributed by atoms with van der Waals surface area (Å²) in [6, 6.07) is 16.1. The number of hydrazone groups is 1. The van der Waals surface area contributed by atoms with E-state index < -0.39 is 0 Å². The van der Waals surface area contributed by atoms with Crippen LogP contribution in [-0.2, 0) is 11.2 Å². The number of rotatable bonds is 6. The molecule has 2 aromatic carbocycles. The first-order valence-corrected chi connectivity index (χ1v) is 7.81. The zero-order chi connectivity index (χ0) is 16.7. The maximum atomic E-state index is 11.9. The Bertz CT molecular complexity index is 690. The monoisotopic (exact) mass is 309 g/mol. The number of nitrogens with zero attached hydrogens (tertiary/aromatic N) is 1. The maximum absolute atomic E-state index is 11.9. The third-order valence-corrected chi connectivity index (χ3v) is 3.60. The van der Waals surface area contributed by atoms with E-state index in [4.69, 9.17) is 0 Å². The summed E-state index contributed by atoms with van der Waals surface area (Å²) in [4.78, 5) is 11.9. The van der Waals surface area contributed by atoms with Crippen LogP contribution in [0.2, 0.25) is 0 Å². The molecule has 0 aliphatic heterocycles. The lowest BCUT2D eigenvalue weighted by atomic mass is 10.1. The number of anilines is 1.